The predicted molar refractivity (Wildman–Crippen MR) is 113 cm³/mol. The van der Waals surface area contributed by atoms with Crippen molar-refractivity contribution in [2.24, 2.45) is 0 Å². The molecule has 1 atom stereocenters. The standard InChI is InChI=1S/C21H29N3O4S/c1-5-24(6-2)29(26,27)20-13-7-17(8-14-20)16(3)22-15-21(25)23-18-9-11-19(28-4)12-10-18/h7-14,16,22H,5-6,15H2,1-4H3,(H,23,25)/p+1/t16-/m0/s1. The van der Waals surface area contributed by atoms with Gasteiger partial charge in [-0.1, -0.05) is 26.0 Å². The van der Waals surface area contributed by atoms with Gasteiger partial charge in [0.2, 0.25) is 10.0 Å². The Balaban J connectivity index is 1.93. The van der Waals surface area contributed by atoms with Crippen molar-refractivity contribution in [1.82, 2.24) is 4.31 Å². The Labute approximate surface area is 173 Å². The molecule has 0 aliphatic rings. The zero-order valence-corrected chi connectivity index (χ0v) is 18.2. The normalized spacial score (nSPS) is 12.6. The Bertz CT molecular complexity index is 893. The van der Waals surface area contributed by atoms with Crippen molar-refractivity contribution in [2.45, 2.75) is 31.7 Å². The minimum Gasteiger partial charge on any atom is -0.497 e. The number of hydrogen-bond donors (Lipinski definition) is 2. The molecule has 0 unspecified atom stereocenters. The summed E-state index contributed by atoms with van der Waals surface area (Å²) in [5.74, 6) is 0.623. The van der Waals surface area contributed by atoms with Gasteiger partial charge in [-0.15, -0.1) is 0 Å². The van der Waals surface area contributed by atoms with E-state index in [1.807, 2.05) is 26.1 Å². The number of hydrogen-bond acceptors (Lipinski definition) is 4. The van der Waals surface area contributed by atoms with E-state index in [9.17, 15) is 13.2 Å². The molecule has 8 heteroatoms. The van der Waals surface area contributed by atoms with Crippen LogP contribution in [-0.2, 0) is 14.8 Å². The van der Waals surface area contributed by atoms with Crippen LogP contribution in [0, 0.1) is 0 Å². The zero-order valence-electron chi connectivity index (χ0n) is 17.4. The first-order valence-electron chi connectivity index (χ1n) is 9.69. The number of carbonyl (C=O) groups is 1. The van der Waals surface area contributed by atoms with E-state index in [1.165, 1.54) is 4.31 Å². The van der Waals surface area contributed by atoms with E-state index >= 15 is 0 Å². The summed E-state index contributed by atoms with van der Waals surface area (Å²) in [5, 5.41) is 4.75. The van der Waals surface area contributed by atoms with E-state index in [4.69, 9.17) is 4.74 Å². The summed E-state index contributed by atoms with van der Waals surface area (Å²) in [6.45, 7) is 6.76. The summed E-state index contributed by atoms with van der Waals surface area (Å²) >= 11 is 0. The first-order chi connectivity index (χ1) is 13.8. The average Bonchev–Trinajstić information content (AvgIpc) is 2.73. The van der Waals surface area contributed by atoms with Crippen LogP contribution in [0.25, 0.3) is 0 Å². The van der Waals surface area contributed by atoms with Crippen molar-refractivity contribution >= 4 is 21.6 Å². The highest BCUT2D eigenvalue weighted by Gasteiger charge is 2.22. The van der Waals surface area contributed by atoms with Crippen molar-refractivity contribution in [3.05, 3.63) is 54.1 Å². The molecule has 0 bridgehead atoms. The second-order valence-electron chi connectivity index (χ2n) is 6.66. The number of sulfonamides is 1. The molecule has 29 heavy (non-hydrogen) atoms. The van der Waals surface area contributed by atoms with Gasteiger partial charge in [-0.2, -0.15) is 4.31 Å². The van der Waals surface area contributed by atoms with E-state index in [1.54, 1.807) is 55.6 Å². The monoisotopic (exact) mass is 420 g/mol. The van der Waals surface area contributed by atoms with E-state index < -0.39 is 10.0 Å². The third-order valence-electron chi connectivity index (χ3n) is 4.78. The van der Waals surface area contributed by atoms with Gasteiger partial charge in [-0.3, -0.25) is 4.79 Å². The summed E-state index contributed by atoms with van der Waals surface area (Å²) in [6.07, 6.45) is 0. The Morgan fingerprint density at radius 3 is 2.17 bits per heavy atom. The molecule has 0 heterocycles. The van der Waals surface area contributed by atoms with Crippen LogP contribution in [0.2, 0.25) is 0 Å². The second-order valence-corrected chi connectivity index (χ2v) is 8.60. The smallest absolute Gasteiger partial charge is 0.279 e. The lowest BCUT2D eigenvalue weighted by Crippen LogP contribution is -2.86. The molecular formula is C21H30N3O4S+. The molecule has 0 spiro atoms. The maximum Gasteiger partial charge on any atom is 0.279 e. The van der Waals surface area contributed by atoms with Gasteiger partial charge in [0, 0.05) is 24.3 Å². The molecule has 0 radical (unpaired) electrons. The fourth-order valence-electron chi connectivity index (χ4n) is 2.96. The van der Waals surface area contributed by atoms with Gasteiger partial charge < -0.3 is 15.4 Å². The lowest BCUT2D eigenvalue weighted by molar-refractivity contribution is -0.682. The lowest BCUT2D eigenvalue weighted by atomic mass is 10.1. The minimum absolute atomic E-state index is 0.0156. The van der Waals surface area contributed by atoms with E-state index in [0.717, 1.165) is 11.3 Å². The first kappa shape index (κ1) is 22.9. The number of benzene rings is 2. The molecule has 0 saturated carbocycles. The number of rotatable bonds is 10. The van der Waals surface area contributed by atoms with Crippen molar-refractivity contribution in [2.75, 3.05) is 32.1 Å². The summed E-state index contributed by atoms with van der Waals surface area (Å²) < 4.78 is 31.7. The molecule has 2 aromatic rings. The van der Waals surface area contributed by atoms with Crippen molar-refractivity contribution in [1.29, 1.82) is 0 Å². The molecule has 0 fully saturated rings. The number of nitrogens with two attached hydrogens (primary N) is 1. The second kappa shape index (κ2) is 10.4. The van der Waals surface area contributed by atoms with Crippen molar-refractivity contribution in [3.8, 4) is 5.75 Å². The molecule has 1 amide bonds. The van der Waals surface area contributed by atoms with Gasteiger partial charge in [0.15, 0.2) is 6.54 Å². The van der Waals surface area contributed by atoms with E-state index in [2.05, 4.69) is 5.32 Å². The third kappa shape index (κ3) is 6.03. The van der Waals surface area contributed by atoms with Crippen molar-refractivity contribution < 1.29 is 23.3 Å². The minimum atomic E-state index is -3.46. The topological polar surface area (TPSA) is 92.3 Å². The summed E-state index contributed by atoms with van der Waals surface area (Å²) in [6, 6.07) is 14.0. The molecule has 0 aromatic heterocycles. The fraction of sp³-hybridized carbons (Fsp3) is 0.381. The van der Waals surface area contributed by atoms with Crippen molar-refractivity contribution in [3.63, 3.8) is 0 Å². The van der Waals surface area contributed by atoms with Gasteiger partial charge in [0.1, 0.15) is 11.8 Å². The van der Waals surface area contributed by atoms with Crippen LogP contribution in [0.3, 0.4) is 0 Å². The van der Waals surface area contributed by atoms with E-state index in [-0.39, 0.29) is 23.4 Å². The van der Waals surface area contributed by atoms with Crippen LogP contribution in [-0.4, -0.2) is 45.4 Å². The van der Waals surface area contributed by atoms with Gasteiger partial charge in [0.25, 0.3) is 5.91 Å². The molecule has 0 aliphatic heterocycles. The predicted octanol–water partition coefficient (Wildman–Crippen LogP) is 1.99. The highest BCUT2D eigenvalue weighted by molar-refractivity contribution is 7.89. The Morgan fingerprint density at radius 1 is 1.07 bits per heavy atom. The highest BCUT2D eigenvalue weighted by atomic mass is 32.2. The fourth-order valence-corrected chi connectivity index (χ4v) is 4.42. The number of ether oxygens (including phenoxy) is 1. The molecular weight excluding hydrogens is 390 g/mol. The molecule has 158 valence electrons. The third-order valence-corrected chi connectivity index (χ3v) is 6.84. The van der Waals surface area contributed by atoms with Gasteiger partial charge in [-0.25, -0.2) is 8.42 Å². The molecule has 0 aliphatic carbocycles. The molecule has 2 rings (SSSR count). The maximum absolute atomic E-state index is 12.6. The highest BCUT2D eigenvalue weighted by Crippen LogP contribution is 2.18. The number of quaternary nitrogens is 1. The van der Waals surface area contributed by atoms with Crippen LogP contribution in [0.1, 0.15) is 32.4 Å². The lowest BCUT2D eigenvalue weighted by Gasteiger charge is -2.19. The number of nitrogens with one attached hydrogen (secondary N) is 1. The molecule has 7 nitrogen and oxygen atoms in total. The van der Waals surface area contributed by atoms with E-state index in [0.29, 0.717) is 18.8 Å². The zero-order chi connectivity index (χ0) is 21.4. The molecule has 2 aromatic carbocycles. The number of amides is 1. The number of methoxy groups -OCH3 is 1. The Hall–Kier alpha value is -2.42. The van der Waals surface area contributed by atoms with Gasteiger partial charge >= 0.3 is 0 Å². The van der Waals surface area contributed by atoms with Crippen LogP contribution in [0.4, 0.5) is 5.69 Å². The summed E-state index contributed by atoms with van der Waals surface area (Å²) in [4.78, 5) is 12.5. The number of carbonyl (C=O) groups excluding carboxylic acids is 1. The maximum atomic E-state index is 12.6. The van der Waals surface area contributed by atoms with Crippen LogP contribution in [0.5, 0.6) is 5.75 Å². The molecule has 3 N–H and O–H groups in total. The van der Waals surface area contributed by atoms with Crippen LogP contribution >= 0.6 is 0 Å². The first-order valence-corrected chi connectivity index (χ1v) is 11.1. The summed E-state index contributed by atoms with van der Waals surface area (Å²) in [7, 11) is -1.87. The summed E-state index contributed by atoms with van der Waals surface area (Å²) in [5.41, 5.74) is 1.67. The van der Waals surface area contributed by atoms with Gasteiger partial charge in [-0.05, 0) is 43.3 Å². The van der Waals surface area contributed by atoms with Crippen LogP contribution < -0.4 is 15.4 Å². The Morgan fingerprint density at radius 2 is 1.66 bits per heavy atom. The Kier molecular flexibility index (Phi) is 8.19. The SMILES string of the molecule is CCN(CC)S(=O)(=O)c1ccc([C@H](C)[NH2+]CC(=O)Nc2ccc(OC)cc2)cc1. The largest absolute Gasteiger partial charge is 0.497 e. The number of nitrogens with zero attached hydrogens (tertiary/aromatic N) is 1. The molecule has 0 saturated heterocycles. The number of anilines is 1. The average molecular weight is 421 g/mol. The quantitative estimate of drug-likeness (QED) is 0.615. The van der Waals surface area contributed by atoms with Gasteiger partial charge in [0.05, 0.1) is 12.0 Å². The van der Waals surface area contributed by atoms with Crippen LogP contribution in [0.15, 0.2) is 53.4 Å².